The normalized spacial score (nSPS) is 19.5. The van der Waals surface area contributed by atoms with E-state index in [1.54, 1.807) is 27.7 Å². The first kappa shape index (κ1) is 23.8. The number of rotatable bonds is 7. The molecule has 1 aliphatic rings. The van der Waals surface area contributed by atoms with E-state index < -0.39 is 34.7 Å². The molecule has 164 valence electrons. The lowest BCUT2D eigenvalue weighted by Crippen LogP contribution is -2.57. The molecule has 1 fully saturated rings. The van der Waals surface area contributed by atoms with E-state index in [4.69, 9.17) is 11.6 Å². The molecule has 0 aliphatic carbocycles. The molecule has 1 aromatic heterocycles. The quantitative estimate of drug-likeness (QED) is 0.434. The molecule has 0 radical (unpaired) electrons. The standard InChI is InChI=1S/C20H28ClN5O4/c1-11-14(21)15(26(5)25-11)16(27)20(30,10-19(2,3)4)18(29)24-13(9-22)8-12-6-7-23-17(12)28/h12-13,30H,6-8,10H2,1-5H3,(H,23,28)(H,24,29)/t12-,13-,20+/m0/s1. The lowest BCUT2D eigenvalue weighted by Gasteiger charge is -2.32. The number of hydrogen-bond donors (Lipinski definition) is 3. The second kappa shape index (κ2) is 8.74. The monoisotopic (exact) mass is 437 g/mol. The van der Waals surface area contributed by atoms with Crippen molar-refractivity contribution in [2.45, 2.75) is 58.6 Å². The number of nitriles is 1. The molecular weight excluding hydrogens is 410 g/mol. The number of halogens is 1. The predicted molar refractivity (Wildman–Crippen MR) is 110 cm³/mol. The molecule has 3 N–H and O–H groups in total. The van der Waals surface area contributed by atoms with Crippen LogP contribution in [0.4, 0.5) is 0 Å². The number of nitrogens with zero attached hydrogens (tertiary/aromatic N) is 3. The number of aryl methyl sites for hydroxylation is 2. The lowest BCUT2D eigenvalue weighted by molar-refractivity contribution is -0.138. The van der Waals surface area contributed by atoms with Crippen molar-refractivity contribution in [2.24, 2.45) is 18.4 Å². The number of carbonyl (C=O) groups excluding carboxylic acids is 3. The molecule has 0 unspecified atom stereocenters. The van der Waals surface area contributed by atoms with Gasteiger partial charge in [-0.25, -0.2) is 0 Å². The van der Waals surface area contributed by atoms with Crippen LogP contribution in [0.5, 0.6) is 0 Å². The van der Waals surface area contributed by atoms with Gasteiger partial charge in [-0.3, -0.25) is 19.1 Å². The lowest BCUT2D eigenvalue weighted by atomic mass is 9.78. The van der Waals surface area contributed by atoms with E-state index in [1.165, 1.54) is 11.7 Å². The Morgan fingerprint density at radius 2 is 2.10 bits per heavy atom. The number of aliphatic hydroxyl groups is 1. The van der Waals surface area contributed by atoms with Gasteiger partial charge in [0.1, 0.15) is 11.7 Å². The van der Waals surface area contributed by atoms with Crippen molar-refractivity contribution >= 4 is 29.2 Å². The zero-order chi connectivity index (χ0) is 22.9. The molecular formula is C20H28ClN5O4. The van der Waals surface area contributed by atoms with Gasteiger partial charge in [0.15, 0.2) is 0 Å². The Hall–Kier alpha value is -2.44. The number of Topliss-reactive ketones (excluding diaryl/α,β-unsaturated/α-hetero) is 1. The number of hydrogen-bond acceptors (Lipinski definition) is 6. The van der Waals surface area contributed by atoms with E-state index in [0.29, 0.717) is 18.7 Å². The summed E-state index contributed by atoms with van der Waals surface area (Å²) in [6, 6.07) is 0.910. The summed E-state index contributed by atoms with van der Waals surface area (Å²) in [5.74, 6) is -2.47. The predicted octanol–water partition coefficient (Wildman–Crippen LogP) is 1.27. The van der Waals surface area contributed by atoms with Crippen molar-refractivity contribution in [1.82, 2.24) is 20.4 Å². The SMILES string of the molecule is Cc1nn(C)c(C(=O)[C@](O)(CC(C)(C)C)C(=O)N[C@H](C#N)C[C@@H]2CCNC2=O)c1Cl. The van der Waals surface area contributed by atoms with Gasteiger partial charge < -0.3 is 15.7 Å². The van der Waals surface area contributed by atoms with Crippen LogP contribution in [-0.2, 0) is 16.6 Å². The van der Waals surface area contributed by atoms with E-state index >= 15 is 0 Å². The zero-order valence-corrected chi connectivity index (χ0v) is 18.6. The summed E-state index contributed by atoms with van der Waals surface area (Å²) in [6.07, 6.45) is 0.453. The fourth-order valence-corrected chi connectivity index (χ4v) is 3.93. The van der Waals surface area contributed by atoms with Gasteiger partial charge in [-0.1, -0.05) is 32.4 Å². The first-order valence-electron chi connectivity index (χ1n) is 9.74. The summed E-state index contributed by atoms with van der Waals surface area (Å²) in [4.78, 5) is 38.2. The van der Waals surface area contributed by atoms with Crippen LogP contribution in [0.1, 0.15) is 56.2 Å². The van der Waals surface area contributed by atoms with Crippen LogP contribution < -0.4 is 10.6 Å². The smallest absolute Gasteiger partial charge is 0.261 e. The van der Waals surface area contributed by atoms with Gasteiger partial charge in [-0.2, -0.15) is 10.4 Å². The molecule has 1 aromatic rings. The van der Waals surface area contributed by atoms with Gasteiger partial charge >= 0.3 is 0 Å². The summed E-state index contributed by atoms with van der Waals surface area (Å²) >= 11 is 6.21. The molecule has 10 heteroatoms. The average molecular weight is 438 g/mol. The van der Waals surface area contributed by atoms with Gasteiger partial charge in [0.2, 0.25) is 17.3 Å². The molecule has 1 aliphatic heterocycles. The fraction of sp³-hybridized carbons (Fsp3) is 0.650. The Morgan fingerprint density at radius 3 is 2.53 bits per heavy atom. The Bertz CT molecular complexity index is 898. The van der Waals surface area contributed by atoms with Crippen molar-refractivity contribution in [3.63, 3.8) is 0 Å². The summed E-state index contributed by atoms with van der Waals surface area (Å²) in [6.45, 7) is 7.46. The highest BCUT2D eigenvalue weighted by atomic mass is 35.5. The van der Waals surface area contributed by atoms with Crippen LogP contribution in [0.2, 0.25) is 5.02 Å². The number of ketones is 1. The fourth-order valence-electron chi connectivity index (χ4n) is 3.68. The number of aromatic nitrogens is 2. The molecule has 30 heavy (non-hydrogen) atoms. The molecule has 0 spiro atoms. The molecule has 1 saturated heterocycles. The van der Waals surface area contributed by atoms with E-state index in [0.717, 1.165) is 0 Å². The van der Waals surface area contributed by atoms with Crippen molar-refractivity contribution in [3.05, 3.63) is 16.4 Å². The summed E-state index contributed by atoms with van der Waals surface area (Å²) in [5, 5.41) is 30.0. The largest absolute Gasteiger partial charge is 0.373 e. The molecule has 2 heterocycles. The third-order valence-corrected chi connectivity index (χ3v) is 5.50. The number of nitrogens with one attached hydrogen (secondary N) is 2. The minimum atomic E-state index is -2.46. The molecule has 9 nitrogen and oxygen atoms in total. The highest BCUT2D eigenvalue weighted by Gasteiger charge is 2.49. The van der Waals surface area contributed by atoms with Gasteiger partial charge in [0.05, 0.1) is 16.8 Å². The average Bonchev–Trinajstić information content (AvgIpc) is 3.14. The maximum atomic E-state index is 13.3. The first-order valence-corrected chi connectivity index (χ1v) is 10.1. The third-order valence-electron chi connectivity index (χ3n) is 5.05. The third kappa shape index (κ3) is 4.99. The number of carbonyl (C=O) groups is 3. The Balaban J connectivity index is 2.34. The van der Waals surface area contributed by atoms with Crippen LogP contribution in [0.25, 0.3) is 0 Å². The van der Waals surface area contributed by atoms with E-state index in [2.05, 4.69) is 15.7 Å². The van der Waals surface area contributed by atoms with Crippen LogP contribution in [0, 0.1) is 29.6 Å². The Kier molecular flexibility index (Phi) is 6.94. The minimum absolute atomic E-state index is 0.0575. The molecule has 0 bridgehead atoms. The maximum Gasteiger partial charge on any atom is 0.261 e. The van der Waals surface area contributed by atoms with E-state index in [9.17, 15) is 24.8 Å². The zero-order valence-electron chi connectivity index (χ0n) is 17.9. The van der Waals surface area contributed by atoms with Crippen molar-refractivity contribution in [3.8, 4) is 6.07 Å². The van der Waals surface area contributed by atoms with Gasteiger partial charge in [-0.05, 0) is 31.6 Å². The Labute approximate surface area is 180 Å². The van der Waals surface area contributed by atoms with Crippen LogP contribution in [-0.4, -0.2) is 50.7 Å². The van der Waals surface area contributed by atoms with Crippen molar-refractivity contribution < 1.29 is 19.5 Å². The minimum Gasteiger partial charge on any atom is -0.373 e. The molecule has 0 saturated carbocycles. The second-order valence-corrected chi connectivity index (χ2v) is 9.34. The highest BCUT2D eigenvalue weighted by molar-refractivity contribution is 6.35. The maximum absolute atomic E-state index is 13.3. The van der Waals surface area contributed by atoms with Gasteiger partial charge in [-0.15, -0.1) is 0 Å². The summed E-state index contributed by atoms with van der Waals surface area (Å²) in [5.41, 5.74) is -2.76. The van der Waals surface area contributed by atoms with Crippen molar-refractivity contribution in [1.29, 1.82) is 5.26 Å². The first-order chi connectivity index (χ1) is 13.8. The topological polar surface area (TPSA) is 137 Å². The molecule has 2 rings (SSSR count). The van der Waals surface area contributed by atoms with E-state index in [1.807, 2.05) is 6.07 Å². The molecule has 2 amide bonds. The molecule has 3 atom stereocenters. The van der Waals surface area contributed by atoms with Crippen LogP contribution in [0.3, 0.4) is 0 Å². The van der Waals surface area contributed by atoms with E-state index in [-0.39, 0.29) is 29.5 Å². The van der Waals surface area contributed by atoms with Crippen molar-refractivity contribution in [2.75, 3.05) is 6.54 Å². The summed E-state index contributed by atoms with van der Waals surface area (Å²) in [7, 11) is 1.50. The van der Waals surface area contributed by atoms with Crippen LogP contribution >= 0.6 is 11.6 Å². The Morgan fingerprint density at radius 1 is 1.47 bits per heavy atom. The molecule has 0 aromatic carbocycles. The highest BCUT2D eigenvalue weighted by Crippen LogP contribution is 2.33. The summed E-state index contributed by atoms with van der Waals surface area (Å²) < 4.78 is 1.23. The van der Waals surface area contributed by atoms with Gasteiger partial charge in [0.25, 0.3) is 5.91 Å². The number of amides is 2. The van der Waals surface area contributed by atoms with Crippen LogP contribution in [0.15, 0.2) is 0 Å². The second-order valence-electron chi connectivity index (χ2n) is 8.97. The van der Waals surface area contributed by atoms with Gasteiger partial charge in [0, 0.05) is 19.5 Å².